The maximum atomic E-state index is 12.4. The molecule has 0 unspecified atom stereocenters. The molecular formula is C19H23NO5S. The number of hydrogen-bond acceptors (Lipinski definition) is 6. The lowest BCUT2D eigenvalue weighted by atomic mass is 10.2. The van der Waals surface area contributed by atoms with E-state index >= 15 is 0 Å². The van der Waals surface area contributed by atoms with Crippen LogP contribution in [-0.2, 0) is 14.3 Å². The van der Waals surface area contributed by atoms with Crippen molar-refractivity contribution in [2.45, 2.75) is 46.3 Å². The Morgan fingerprint density at radius 1 is 1.19 bits per heavy atom. The molecule has 26 heavy (non-hydrogen) atoms. The normalized spacial score (nSPS) is 17.1. The first-order valence-electron chi connectivity index (χ1n) is 8.51. The first kappa shape index (κ1) is 20.0. The zero-order valence-corrected chi connectivity index (χ0v) is 16.2. The van der Waals surface area contributed by atoms with Crippen molar-refractivity contribution in [3.05, 3.63) is 34.7 Å². The van der Waals surface area contributed by atoms with E-state index in [0.717, 1.165) is 28.0 Å². The van der Waals surface area contributed by atoms with E-state index in [-0.39, 0.29) is 23.7 Å². The monoisotopic (exact) mass is 377 g/mol. The van der Waals surface area contributed by atoms with E-state index in [1.807, 2.05) is 32.9 Å². The van der Waals surface area contributed by atoms with Gasteiger partial charge in [-0.3, -0.25) is 19.3 Å². The van der Waals surface area contributed by atoms with Gasteiger partial charge in [0.25, 0.3) is 11.1 Å². The van der Waals surface area contributed by atoms with Gasteiger partial charge in [0.15, 0.2) is 0 Å². The molecule has 2 amide bonds. The highest BCUT2D eigenvalue weighted by atomic mass is 32.2. The third-order valence-electron chi connectivity index (χ3n) is 3.62. The molecule has 1 aromatic rings. The summed E-state index contributed by atoms with van der Waals surface area (Å²) in [7, 11) is 0. The number of imide groups is 1. The van der Waals surface area contributed by atoms with Crippen LogP contribution in [-0.4, -0.2) is 40.8 Å². The maximum absolute atomic E-state index is 12.4. The predicted molar refractivity (Wildman–Crippen MR) is 101 cm³/mol. The van der Waals surface area contributed by atoms with E-state index in [1.54, 1.807) is 25.1 Å². The van der Waals surface area contributed by atoms with E-state index in [9.17, 15) is 14.4 Å². The van der Waals surface area contributed by atoms with Crippen molar-refractivity contribution >= 4 is 35.0 Å². The molecule has 0 radical (unpaired) electrons. The quantitative estimate of drug-likeness (QED) is 0.531. The molecule has 0 bridgehead atoms. The number of nitrogens with zero attached hydrogens (tertiary/aromatic N) is 1. The third kappa shape index (κ3) is 5.36. The Labute approximate surface area is 157 Å². The van der Waals surface area contributed by atoms with Gasteiger partial charge >= 0.3 is 5.97 Å². The van der Waals surface area contributed by atoms with Crippen LogP contribution >= 0.6 is 11.8 Å². The molecule has 0 aliphatic carbocycles. The van der Waals surface area contributed by atoms with E-state index < -0.39 is 17.1 Å². The highest BCUT2D eigenvalue weighted by molar-refractivity contribution is 8.18. The minimum Gasteiger partial charge on any atom is -0.491 e. The van der Waals surface area contributed by atoms with Gasteiger partial charge in [0.05, 0.1) is 17.1 Å². The van der Waals surface area contributed by atoms with E-state index in [4.69, 9.17) is 9.47 Å². The molecule has 0 N–H and O–H groups in total. The molecule has 0 spiro atoms. The van der Waals surface area contributed by atoms with Gasteiger partial charge in [0.1, 0.15) is 12.3 Å². The Morgan fingerprint density at radius 3 is 2.42 bits per heavy atom. The fraction of sp³-hybridized carbons (Fsp3) is 0.421. The van der Waals surface area contributed by atoms with Gasteiger partial charge in [-0.05, 0) is 62.7 Å². The van der Waals surface area contributed by atoms with Gasteiger partial charge in [-0.25, -0.2) is 0 Å². The molecule has 1 aliphatic rings. The van der Waals surface area contributed by atoms with Crippen LogP contribution in [0.5, 0.6) is 5.75 Å². The molecule has 7 heteroatoms. The second-order valence-corrected chi connectivity index (χ2v) is 7.21. The topological polar surface area (TPSA) is 72.9 Å². The van der Waals surface area contributed by atoms with E-state index in [1.165, 1.54) is 0 Å². The SMILES string of the molecule is CC[C@H](C)OC(=O)CN1C(=O)S/C(=C\c2ccc(OC(C)C)cc2)C1=O. The second-order valence-electron chi connectivity index (χ2n) is 6.21. The van der Waals surface area contributed by atoms with Crippen LogP contribution in [0.2, 0.25) is 0 Å². The van der Waals surface area contributed by atoms with Gasteiger partial charge in [-0.1, -0.05) is 19.1 Å². The first-order valence-corrected chi connectivity index (χ1v) is 9.33. The minimum atomic E-state index is -0.585. The number of amides is 2. The van der Waals surface area contributed by atoms with Crippen molar-refractivity contribution in [3.63, 3.8) is 0 Å². The largest absolute Gasteiger partial charge is 0.491 e. The Bertz CT molecular complexity index is 711. The fourth-order valence-electron chi connectivity index (χ4n) is 2.18. The Morgan fingerprint density at radius 2 is 1.85 bits per heavy atom. The summed E-state index contributed by atoms with van der Waals surface area (Å²) in [4.78, 5) is 37.5. The summed E-state index contributed by atoms with van der Waals surface area (Å²) in [5, 5.41) is -0.470. The van der Waals surface area contributed by atoms with Crippen molar-refractivity contribution in [1.82, 2.24) is 4.90 Å². The van der Waals surface area contributed by atoms with Gasteiger partial charge < -0.3 is 9.47 Å². The van der Waals surface area contributed by atoms with Gasteiger partial charge in [-0.2, -0.15) is 0 Å². The van der Waals surface area contributed by atoms with Crippen LogP contribution < -0.4 is 4.74 Å². The zero-order valence-electron chi connectivity index (χ0n) is 15.4. The van der Waals surface area contributed by atoms with Crippen molar-refractivity contribution in [2.24, 2.45) is 0 Å². The summed E-state index contributed by atoms with van der Waals surface area (Å²) in [6.45, 7) is 7.16. The number of carbonyl (C=O) groups is 3. The summed E-state index contributed by atoms with van der Waals surface area (Å²) in [6, 6.07) is 7.23. The van der Waals surface area contributed by atoms with Crippen LogP contribution in [0.15, 0.2) is 29.2 Å². The highest BCUT2D eigenvalue weighted by Gasteiger charge is 2.36. The predicted octanol–water partition coefficient (Wildman–Crippen LogP) is 3.85. The lowest BCUT2D eigenvalue weighted by Crippen LogP contribution is -2.35. The molecule has 6 nitrogen and oxygen atoms in total. The number of benzene rings is 1. The number of thioether (sulfide) groups is 1. The van der Waals surface area contributed by atoms with Crippen LogP contribution in [0.4, 0.5) is 4.79 Å². The molecule has 2 rings (SSSR count). The molecule has 140 valence electrons. The number of esters is 1. The molecule has 0 saturated carbocycles. The summed E-state index contributed by atoms with van der Waals surface area (Å²) in [6.07, 6.45) is 2.13. The van der Waals surface area contributed by atoms with Crippen LogP contribution in [0.3, 0.4) is 0 Å². The average molecular weight is 377 g/mol. The van der Waals surface area contributed by atoms with Crippen LogP contribution in [0.1, 0.15) is 39.7 Å². The Balaban J connectivity index is 2.05. The Hall–Kier alpha value is -2.28. The zero-order chi connectivity index (χ0) is 19.3. The molecule has 1 heterocycles. The standard InChI is InChI=1S/C19H23NO5S/c1-5-13(4)25-17(21)11-20-18(22)16(26-19(20)23)10-14-6-8-15(9-7-14)24-12(2)3/h6-10,12-13H,5,11H2,1-4H3/b16-10-/t13-/m0/s1. The minimum absolute atomic E-state index is 0.0764. The Kier molecular flexibility index (Phi) is 6.85. The summed E-state index contributed by atoms with van der Waals surface area (Å²) in [5.41, 5.74) is 0.772. The maximum Gasteiger partial charge on any atom is 0.326 e. The lowest BCUT2D eigenvalue weighted by Gasteiger charge is -2.14. The van der Waals surface area contributed by atoms with Gasteiger partial charge in [0, 0.05) is 0 Å². The lowest BCUT2D eigenvalue weighted by molar-refractivity contribution is -0.150. The van der Waals surface area contributed by atoms with Crippen LogP contribution in [0.25, 0.3) is 6.08 Å². The van der Waals surface area contributed by atoms with Crippen molar-refractivity contribution in [1.29, 1.82) is 0 Å². The molecule has 1 saturated heterocycles. The highest BCUT2D eigenvalue weighted by Crippen LogP contribution is 2.32. The molecule has 1 atom stereocenters. The molecule has 1 aromatic carbocycles. The van der Waals surface area contributed by atoms with Gasteiger partial charge in [0.2, 0.25) is 0 Å². The molecule has 1 fully saturated rings. The fourth-order valence-corrected chi connectivity index (χ4v) is 3.01. The molecule has 1 aliphatic heterocycles. The van der Waals surface area contributed by atoms with Crippen molar-refractivity contribution in [3.8, 4) is 5.75 Å². The van der Waals surface area contributed by atoms with Crippen molar-refractivity contribution < 1.29 is 23.9 Å². The van der Waals surface area contributed by atoms with Crippen molar-refractivity contribution in [2.75, 3.05) is 6.54 Å². The molecule has 0 aromatic heterocycles. The first-order chi connectivity index (χ1) is 12.3. The second kappa shape index (κ2) is 8.89. The number of rotatable bonds is 7. The number of carbonyl (C=O) groups excluding carboxylic acids is 3. The number of hydrogen-bond donors (Lipinski definition) is 0. The van der Waals surface area contributed by atoms with E-state index in [2.05, 4.69) is 0 Å². The van der Waals surface area contributed by atoms with Crippen LogP contribution in [0, 0.1) is 0 Å². The summed E-state index contributed by atoms with van der Waals surface area (Å²) in [5.74, 6) is -0.334. The smallest absolute Gasteiger partial charge is 0.326 e. The van der Waals surface area contributed by atoms with Gasteiger partial charge in [-0.15, -0.1) is 0 Å². The number of ether oxygens (including phenoxy) is 2. The average Bonchev–Trinajstić information content (AvgIpc) is 2.83. The summed E-state index contributed by atoms with van der Waals surface area (Å²) >= 11 is 0.818. The molecular weight excluding hydrogens is 354 g/mol. The third-order valence-corrected chi connectivity index (χ3v) is 4.53. The van der Waals surface area contributed by atoms with E-state index in [0.29, 0.717) is 6.42 Å². The summed E-state index contributed by atoms with van der Waals surface area (Å²) < 4.78 is 10.7.